The highest BCUT2D eigenvalue weighted by Crippen LogP contribution is 2.30. The van der Waals surface area contributed by atoms with E-state index in [4.69, 9.17) is 5.11 Å². The minimum Gasteiger partial charge on any atom is -0.477 e. The molecule has 3 aromatic rings. The molecule has 0 saturated heterocycles. The number of hydrogen-bond acceptors (Lipinski definition) is 2. The number of rotatable bonds is 3. The van der Waals surface area contributed by atoms with Crippen molar-refractivity contribution in [2.75, 3.05) is 0 Å². The second kappa shape index (κ2) is 5.35. The van der Waals surface area contributed by atoms with Crippen molar-refractivity contribution < 1.29 is 27.8 Å². The van der Waals surface area contributed by atoms with Gasteiger partial charge in [-0.3, -0.25) is 0 Å². The molecule has 0 bridgehead atoms. The summed E-state index contributed by atoms with van der Waals surface area (Å²) in [7, 11) is 0. The van der Waals surface area contributed by atoms with Gasteiger partial charge in [-0.2, -0.15) is 0 Å². The molecule has 0 unspecified atom stereocenters. The van der Waals surface area contributed by atoms with E-state index in [1.807, 2.05) is 0 Å². The summed E-state index contributed by atoms with van der Waals surface area (Å²) in [5.41, 5.74) is 1.87. The van der Waals surface area contributed by atoms with Crippen LogP contribution in [0.4, 0.5) is 13.2 Å². The number of benzene rings is 2. The van der Waals surface area contributed by atoms with Crippen LogP contribution in [0.5, 0.6) is 5.75 Å². The fraction of sp³-hybridized carbons (Fsp3) is 0.0625. The number of aromatic nitrogens is 1. The Hall–Kier alpha value is -2.96. The predicted octanol–water partition coefficient (Wildman–Crippen LogP) is 4.43. The number of carboxylic acid groups (broad SMARTS) is 1. The molecule has 7 heteroatoms. The van der Waals surface area contributed by atoms with E-state index in [9.17, 15) is 18.0 Å². The highest BCUT2D eigenvalue weighted by Gasteiger charge is 2.31. The lowest BCUT2D eigenvalue weighted by molar-refractivity contribution is -0.274. The molecule has 23 heavy (non-hydrogen) atoms. The zero-order valence-corrected chi connectivity index (χ0v) is 11.5. The summed E-state index contributed by atoms with van der Waals surface area (Å²) in [6, 6.07) is 12.1. The fourth-order valence-electron chi connectivity index (χ4n) is 2.30. The SMILES string of the molecule is O=C(O)c1cc2cc(-c3cccc(OC(F)(F)F)c3)ccc2[nH]1. The van der Waals surface area contributed by atoms with Gasteiger partial charge in [0.15, 0.2) is 0 Å². The Kier molecular flexibility index (Phi) is 3.48. The zero-order valence-electron chi connectivity index (χ0n) is 11.5. The molecule has 0 atom stereocenters. The van der Waals surface area contributed by atoms with Crippen molar-refractivity contribution in [1.82, 2.24) is 4.98 Å². The van der Waals surface area contributed by atoms with Crippen LogP contribution >= 0.6 is 0 Å². The summed E-state index contributed by atoms with van der Waals surface area (Å²) in [5.74, 6) is -1.39. The standard InChI is InChI=1S/C16H10F3NO3/c17-16(18,19)23-12-3-1-2-9(7-12)10-4-5-13-11(6-10)8-14(20-13)15(21)22/h1-8,20H,(H,21,22). The minimum absolute atomic E-state index is 0.0475. The van der Waals surface area contributed by atoms with E-state index in [1.54, 1.807) is 24.3 Å². The molecule has 0 aliphatic rings. The Morgan fingerprint density at radius 2 is 1.78 bits per heavy atom. The van der Waals surface area contributed by atoms with Gasteiger partial charge >= 0.3 is 12.3 Å². The van der Waals surface area contributed by atoms with Gasteiger partial charge in [0.1, 0.15) is 11.4 Å². The number of carboxylic acids is 1. The van der Waals surface area contributed by atoms with Crippen LogP contribution < -0.4 is 4.74 Å². The first-order valence-corrected chi connectivity index (χ1v) is 6.54. The number of nitrogens with one attached hydrogen (secondary N) is 1. The molecule has 0 amide bonds. The van der Waals surface area contributed by atoms with Gasteiger partial charge in [0.05, 0.1) is 0 Å². The number of aromatic carboxylic acids is 1. The summed E-state index contributed by atoms with van der Waals surface area (Å²) in [5, 5.41) is 9.62. The van der Waals surface area contributed by atoms with Gasteiger partial charge in [0.25, 0.3) is 0 Å². The molecule has 0 saturated carbocycles. The van der Waals surface area contributed by atoms with E-state index < -0.39 is 12.3 Å². The molecular formula is C16H10F3NO3. The number of H-pyrrole nitrogens is 1. The first kappa shape index (κ1) is 15.0. The lowest BCUT2D eigenvalue weighted by Crippen LogP contribution is -2.17. The largest absolute Gasteiger partial charge is 0.573 e. The van der Waals surface area contributed by atoms with Crippen LogP contribution in [0.3, 0.4) is 0 Å². The predicted molar refractivity (Wildman–Crippen MR) is 77.4 cm³/mol. The molecule has 4 nitrogen and oxygen atoms in total. The number of alkyl halides is 3. The van der Waals surface area contributed by atoms with Crippen molar-refractivity contribution in [3.05, 3.63) is 54.2 Å². The topological polar surface area (TPSA) is 62.3 Å². The van der Waals surface area contributed by atoms with E-state index >= 15 is 0 Å². The Morgan fingerprint density at radius 1 is 1.04 bits per heavy atom. The smallest absolute Gasteiger partial charge is 0.477 e. The summed E-state index contributed by atoms with van der Waals surface area (Å²) in [6.45, 7) is 0. The maximum Gasteiger partial charge on any atom is 0.573 e. The normalized spacial score (nSPS) is 11.6. The zero-order chi connectivity index (χ0) is 16.6. The van der Waals surface area contributed by atoms with Gasteiger partial charge < -0.3 is 14.8 Å². The molecule has 2 aromatic carbocycles. The number of ether oxygens (including phenoxy) is 1. The molecule has 0 spiro atoms. The summed E-state index contributed by atoms with van der Waals surface area (Å²) < 4.78 is 40.7. The summed E-state index contributed by atoms with van der Waals surface area (Å²) in [4.78, 5) is 13.7. The summed E-state index contributed by atoms with van der Waals surface area (Å²) in [6.07, 6.45) is -4.75. The lowest BCUT2D eigenvalue weighted by atomic mass is 10.0. The molecule has 0 aliphatic carbocycles. The molecule has 0 radical (unpaired) electrons. The van der Waals surface area contributed by atoms with E-state index in [-0.39, 0.29) is 11.4 Å². The molecular weight excluding hydrogens is 311 g/mol. The minimum atomic E-state index is -4.75. The number of aromatic amines is 1. The van der Waals surface area contributed by atoms with Crippen molar-refractivity contribution in [3.8, 4) is 16.9 Å². The molecule has 118 valence electrons. The second-order valence-electron chi connectivity index (χ2n) is 4.87. The molecule has 3 rings (SSSR count). The third kappa shape index (κ3) is 3.28. The lowest BCUT2D eigenvalue weighted by Gasteiger charge is -2.10. The van der Waals surface area contributed by atoms with E-state index in [2.05, 4.69) is 9.72 Å². The second-order valence-corrected chi connectivity index (χ2v) is 4.87. The van der Waals surface area contributed by atoms with Gasteiger partial charge in [0, 0.05) is 10.9 Å². The highest BCUT2D eigenvalue weighted by molar-refractivity contribution is 5.95. The fourth-order valence-corrected chi connectivity index (χ4v) is 2.30. The molecule has 1 aromatic heterocycles. The maximum atomic E-state index is 12.3. The van der Waals surface area contributed by atoms with Gasteiger partial charge in [0.2, 0.25) is 0 Å². The number of hydrogen-bond donors (Lipinski definition) is 2. The van der Waals surface area contributed by atoms with Crippen LogP contribution in [0.2, 0.25) is 0 Å². The van der Waals surface area contributed by atoms with E-state index in [0.29, 0.717) is 22.0 Å². The van der Waals surface area contributed by atoms with Gasteiger partial charge in [-0.25, -0.2) is 4.79 Å². The number of halogens is 3. The average molecular weight is 321 g/mol. The van der Waals surface area contributed by atoms with Crippen LogP contribution in [0.15, 0.2) is 48.5 Å². The maximum absolute atomic E-state index is 12.3. The van der Waals surface area contributed by atoms with Crippen LogP contribution in [0.25, 0.3) is 22.0 Å². The van der Waals surface area contributed by atoms with Gasteiger partial charge in [-0.15, -0.1) is 13.2 Å². The third-order valence-corrected chi connectivity index (χ3v) is 3.25. The van der Waals surface area contributed by atoms with Crippen LogP contribution in [0, 0.1) is 0 Å². The van der Waals surface area contributed by atoms with Crippen molar-refractivity contribution in [2.45, 2.75) is 6.36 Å². The molecule has 0 fully saturated rings. The van der Waals surface area contributed by atoms with Gasteiger partial charge in [-0.05, 0) is 41.5 Å². The Balaban J connectivity index is 1.99. The Labute approximate surface area is 128 Å². The first-order valence-electron chi connectivity index (χ1n) is 6.54. The molecule has 2 N–H and O–H groups in total. The first-order chi connectivity index (χ1) is 10.8. The van der Waals surface area contributed by atoms with Crippen molar-refractivity contribution in [2.24, 2.45) is 0 Å². The van der Waals surface area contributed by atoms with Crippen LogP contribution in [0.1, 0.15) is 10.5 Å². The average Bonchev–Trinajstić information content (AvgIpc) is 2.89. The Bertz CT molecular complexity index is 884. The highest BCUT2D eigenvalue weighted by atomic mass is 19.4. The van der Waals surface area contributed by atoms with E-state index in [0.717, 1.165) is 0 Å². The monoisotopic (exact) mass is 321 g/mol. The van der Waals surface area contributed by atoms with Crippen molar-refractivity contribution >= 4 is 16.9 Å². The number of fused-ring (bicyclic) bond motifs is 1. The van der Waals surface area contributed by atoms with Crippen LogP contribution in [-0.2, 0) is 0 Å². The third-order valence-electron chi connectivity index (χ3n) is 3.25. The molecule has 0 aliphatic heterocycles. The van der Waals surface area contributed by atoms with Crippen molar-refractivity contribution in [1.29, 1.82) is 0 Å². The Morgan fingerprint density at radius 3 is 2.48 bits per heavy atom. The van der Waals surface area contributed by atoms with Gasteiger partial charge in [-0.1, -0.05) is 18.2 Å². The molecule has 1 heterocycles. The number of carbonyl (C=O) groups is 1. The summed E-state index contributed by atoms with van der Waals surface area (Å²) >= 11 is 0. The quantitative estimate of drug-likeness (QED) is 0.750. The van der Waals surface area contributed by atoms with E-state index in [1.165, 1.54) is 24.3 Å². The van der Waals surface area contributed by atoms with Crippen LogP contribution in [-0.4, -0.2) is 22.4 Å². The van der Waals surface area contributed by atoms with Crippen molar-refractivity contribution in [3.63, 3.8) is 0 Å².